The van der Waals surface area contributed by atoms with Gasteiger partial charge < -0.3 is 5.32 Å². The molecule has 0 amide bonds. The summed E-state index contributed by atoms with van der Waals surface area (Å²) in [4.78, 5) is 4.69. The second-order valence-corrected chi connectivity index (χ2v) is 7.50. The molecule has 0 fully saturated rings. The summed E-state index contributed by atoms with van der Waals surface area (Å²) in [6.07, 6.45) is 1.08. The smallest absolute Gasteiger partial charge is 0.107 e. The van der Waals surface area contributed by atoms with E-state index in [-0.39, 0.29) is 5.41 Å². The lowest BCUT2D eigenvalue weighted by molar-refractivity contribution is 0.529. The molecule has 0 aliphatic carbocycles. The molecule has 0 aromatic carbocycles. The Morgan fingerprint density at radius 2 is 2.05 bits per heavy atom. The normalized spacial score (nSPS) is 12.0. The van der Waals surface area contributed by atoms with E-state index in [9.17, 15) is 0 Å². The van der Waals surface area contributed by atoms with Crippen LogP contribution >= 0.6 is 11.3 Å². The van der Waals surface area contributed by atoms with Crippen LogP contribution in [0.4, 0.5) is 0 Å². The zero-order valence-corrected chi connectivity index (χ0v) is 14.5. The molecule has 2 aromatic heterocycles. The van der Waals surface area contributed by atoms with E-state index < -0.39 is 0 Å². The van der Waals surface area contributed by atoms with Crippen molar-refractivity contribution < 1.29 is 0 Å². The Morgan fingerprint density at radius 3 is 2.62 bits per heavy atom. The summed E-state index contributed by atoms with van der Waals surface area (Å²) in [6, 6.07) is 2.12. The van der Waals surface area contributed by atoms with Gasteiger partial charge in [0, 0.05) is 29.6 Å². The van der Waals surface area contributed by atoms with E-state index in [1.807, 2.05) is 6.92 Å². The first kappa shape index (κ1) is 16.2. The molecule has 0 aliphatic rings. The van der Waals surface area contributed by atoms with Crippen molar-refractivity contribution >= 4 is 11.3 Å². The van der Waals surface area contributed by atoms with Gasteiger partial charge >= 0.3 is 0 Å². The summed E-state index contributed by atoms with van der Waals surface area (Å²) >= 11 is 1.75. The number of thiazole rings is 1. The minimum Gasteiger partial charge on any atom is -0.310 e. The summed E-state index contributed by atoms with van der Waals surface area (Å²) in [5.41, 5.74) is 3.66. The van der Waals surface area contributed by atoms with Crippen molar-refractivity contribution in [1.82, 2.24) is 20.1 Å². The molecule has 0 saturated carbocycles. The Hall–Kier alpha value is -1.20. The van der Waals surface area contributed by atoms with E-state index >= 15 is 0 Å². The number of aryl methyl sites for hydroxylation is 3. The first-order chi connectivity index (χ1) is 9.86. The van der Waals surface area contributed by atoms with Crippen molar-refractivity contribution in [1.29, 1.82) is 0 Å². The van der Waals surface area contributed by atoms with Gasteiger partial charge in [-0.25, -0.2) is 4.98 Å². The van der Waals surface area contributed by atoms with Gasteiger partial charge in [-0.1, -0.05) is 20.8 Å². The lowest BCUT2D eigenvalue weighted by Gasteiger charge is -2.14. The number of hydrogen-bond donors (Lipinski definition) is 1. The molecule has 1 N–H and O–H groups in total. The van der Waals surface area contributed by atoms with Crippen LogP contribution in [0.3, 0.4) is 0 Å². The molecule has 0 aliphatic heterocycles. The summed E-state index contributed by atoms with van der Waals surface area (Å²) in [6.45, 7) is 13.6. The van der Waals surface area contributed by atoms with E-state index in [0.29, 0.717) is 0 Å². The predicted octanol–water partition coefficient (Wildman–Crippen LogP) is 3.43. The molecular formula is C16H26N4S. The maximum atomic E-state index is 4.69. The molecule has 0 radical (unpaired) electrons. The highest BCUT2D eigenvalue weighted by atomic mass is 32.1. The van der Waals surface area contributed by atoms with Crippen LogP contribution in [-0.4, -0.2) is 21.3 Å². The van der Waals surface area contributed by atoms with Crippen molar-refractivity contribution in [3.8, 4) is 0 Å². The number of nitrogens with zero attached hydrogens (tertiary/aromatic N) is 3. The highest BCUT2D eigenvalue weighted by molar-refractivity contribution is 7.09. The Balaban J connectivity index is 1.70. The average Bonchev–Trinajstić information content (AvgIpc) is 2.96. The minimum absolute atomic E-state index is 0.143. The fourth-order valence-electron chi connectivity index (χ4n) is 2.19. The predicted molar refractivity (Wildman–Crippen MR) is 88.8 cm³/mol. The summed E-state index contributed by atoms with van der Waals surface area (Å²) in [5, 5.41) is 11.3. The van der Waals surface area contributed by atoms with Crippen LogP contribution in [0.2, 0.25) is 0 Å². The van der Waals surface area contributed by atoms with Crippen molar-refractivity contribution in [2.24, 2.45) is 0 Å². The molecule has 0 saturated heterocycles. The van der Waals surface area contributed by atoms with Crippen LogP contribution in [0.15, 0.2) is 11.4 Å². The molecule has 116 valence electrons. The molecule has 0 atom stereocenters. The third kappa shape index (κ3) is 4.64. The Labute approximate surface area is 131 Å². The van der Waals surface area contributed by atoms with Crippen molar-refractivity contribution in [2.75, 3.05) is 6.54 Å². The summed E-state index contributed by atoms with van der Waals surface area (Å²) < 4.78 is 2.08. The Bertz CT molecular complexity index is 577. The second kappa shape index (κ2) is 6.71. The van der Waals surface area contributed by atoms with Crippen LogP contribution in [0.1, 0.15) is 49.3 Å². The van der Waals surface area contributed by atoms with Crippen molar-refractivity contribution in [3.05, 3.63) is 33.5 Å². The highest BCUT2D eigenvalue weighted by Gasteiger charge is 2.17. The molecule has 2 rings (SSSR count). The van der Waals surface area contributed by atoms with Gasteiger partial charge in [-0.15, -0.1) is 11.3 Å². The van der Waals surface area contributed by atoms with Gasteiger partial charge in [-0.3, -0.25) is 4.68 Å². The molecular weight excluding hydrogens is 280 g/mol. The largest absolute Gasteiger partial charge is 0.310 e. The number of nitrogens with one attached hydrogen (secondary N) is 1. The van der Waals surface area contributed by atoms with Crippen LogP contribution in [0, 0.1) is 13.8 Å². The van der Waals surface area contributed by atoms with Gasteiger partial charge in [0.25, 0.3) is 0 Å². The molecule has 0 bridgehead atoms. The molecule has 5 heteroatoms. The van der Waals surface area contributed by atoms with Gasteiger partial charge in [-0.2, -0.15) is 5.10 Å². The number of aromatic nitrogens is 3. The fraction of sp³-hybridized carbons (Fsp3) is 0.625. The monoisotopic (exact) mass is 306 g/mol. The summed E-state index contributed by atoms with van der Waals surface area (Å²) in [5.74, 6) is 0. The number of rotatable bonds is 6. The van der Waals surface area contributed by atoms with E-state index in [0.717, 1.165) is 31.7 Å². The first-order valence-electron chi connectivity index (χ1n) is 7.53. The maximum Gasteiger partial charge on any atom is 0.107 e. The molecule has 4 nitrogen and oxygen atoms in total. The van der Waals surface area contributed by atoms with Gasteiger partial charge in [0.05, 0.1) is 11.4 Å². The quantitative estimate of drug-likeness (QED) is 0.831. The zero-order valence-electron chi connectivity index (χ0n) is 13.7. The van der Waals surface area contributed by atoms with E-state index in [2.05, 4.69) is 54.2 Å². The third-order valence-electron chi connectivity index (χ3n) is 3.42. The van der Waals surface area contributed by atoms with Crippen LogP contribution in [-0.2, 0) is 18.5 Å². The van der Waals surface area contributed by atoms with Crippen LogP contribution < -0.4 is 5.32 Å². The lowest BCUT2D eigenvalue weighted by atomic mass is 9.93. The van der Waals surface area contributed by atoms with Crippen molar-refractivity contribution in [2.45, 2.75) is 59.5 Å². The topological polar surface area (TPSA) is 42.7 Å². The lowest BCUT2D eigenvalue weighted by Crippen LogP contribution is -2.17. The molecule has 2 heterocycles. The van der Waals surface area contributed by atoms with Gasteiger partial charge in [0.1, 0.15) is 5.01 Å². The summed E-state index contributed by atoms with van der Waals surface area (Å²) in [7, 11) is 0. The Morgan fingerprint density at radius 1 is 1.29 bits per heavy atom. The second-order valence-electron chi connectivity index (χ2n) is 6.56. The zero-order chi connectivity index (χ0) is 15.5. The molecule has 0 spiro atoms. The van der Waals surface area contributed by atoms with Gasteiger partial charge in [0.2, 0.25) is 0 Å². The van der Waals surface area contributed by atoms with Crippen LogP contribution in [0.25, 0.3) is 0 Å². The number of hydrogen-bond acceptors (Lipinski definition) is 4. The van der Waals surface area contributed by atoms with E-state index in [4.69, 9.17) is 4.98 Å². The SMILES string of the molecule is Cc1cc(C)n(CCCNCc2nc(C(C)(C)C)cs2)n1. The fourth-order valence-corrected chi connectivity index (χ4v) is 3.18. The van der Waals surface area contributed by atoms with Crippen molar-refractivity contribution in [3.63, 3.8) is 0 Å². The highest BCUT2D eigenvalue weighted by Crippen LogP contribution is 2.23. The van der Waals surface area contributed by atoms with Gasteiger partial charge in [0.15, 0.2) is 0 Å². The van der Waals surface area contributed by atoms with E-state index in [1.165, 1.54) is 16.4 Å². The van der Waals surface area contributed by atoms with Gasteiger partial charge in [-0.05, 0) is 32.9 Å². The van der Waals surface area contributed by atoms with E-state index in [1.54, 1.807) is 11.3 Å². The maximum absolute atomic E-state index is 4.69. The Kier molecular flexibility index (Phi) is 5.17. The average molecular weight is 306 g/mol. The molecule has 21 heavy (non-hydrogen) atoms. The molecule has 2 aromatic rings. The minimum atomic E-state index is 0.143. The van der Waals surface area contributed by atoms with Crippen LogP contribution in [0.5, 0.6) is 0 Å². The molecule has 0 unspecified atom stereocenters. The first-order valence-corrected chi connectivity index (χ1v) is 8.41. The third-order valence-corrected chi connectivity index (χ3v) is 4.27. The standard InChI is InChI=1S/C16H26N4S/c1-12-9-13(2)20(19-12)8-6-7-17-10-15-18-14(11-21-15)16(3,4)5/h9,11,17H,6-8,10H2,1-5H3.